The minimum absolute atomic E-state index is 0.0630. The molecule has 0 radical (unpaired) electrons. The Morgan fingerprint density at radius 1 is 1.06 bits per heavy atom. The molecule has 0 atom stereocenters. The number of rotatable bonds is 6. The number of morpholine rings is 1. The fourth-order valence-electron chi connectivity index (χ4n) is 3.43. The lowest BCUT2D eigenvalue weighted by Crippen LogP contribution is -2.39. The standard InChI is InChI=1S/C21H19F4N3O2S/c22-13-2-3-15(16(24)10-13)20(29)28(5-1-4-27-6-8-30-9-7-27)21-26-19-17(25)11-14(23)12-18(19)31-21/h2-3,10-12H,1,4-9H2. The number of carbonyl (C=O) groups excluding carboxylic acids is 1. The maximum atomic E-state index is 14.3. The zero-order chi connectivity index (χ0) is 22.0. The molecule has 164 valence electrons. The highest BCUT2D eigenvalue weighted by atomic mass is 32.1. The Morgan fingerprint density at radius 2 is 1.81 bits per heavy atom. The summed E-state index contributed by atoms with van der Waals surface area (Å²) in [6.07, 6.45) is 0.543. The van der Waals surface area contributed by atoms with E-state index in [2.05, 4.69) is 9.88 Å². The zero-order valence-electron chi connectivity index (χ0n) is 16.4. The van der Waals surface area contributed by atoms with Crippen LogP contribution >= 0.6 is 11.3 Å². The number of thiazole rings is 1. The van der Waals surface area contributed by atoms with Crippen LogP contribution in [0.2, 0.25) is 0 Å². The minimum Gasteiger partial charge on any atom is -0.379 e. The molecule has 0 unspecified atom stereocenters. The van der Waals surface area contributed by atoms with E-state index >= 15 is 0 Å². The second-order valence-electron chi connectivity index (χ2n) is 7.12. The van der Waals surface area contributed by atoms with Gasteiger partial charge in [0.15, 0.2) is 10.9 Å². The van der Waals surface area contributed by atoms with Crippen molar-refractivity contribution in [2.45, 2.75) is 6.42 Å². The van der Waals surface area contributed by atoms with Crippen LogP contribution in [-0.2, 0) is 4.74 Å². The van der Waals surface area contributed by atoms with Crippen molar-refractivity contribution in [3.63, 3.8) is 0 Å². The number of halogens is 4. The van der Waals surface area contributed by atoms with E-state index in [1.165, 1.54) is 4.90 Å². The third-order valence-corrected chi connectivity index (χ3v) is 6.02. The summed E-state index contributed by atoms with van der Waals surface area (Å²) < 4.78 is 60.8. The van der Waals surface area contributed by atoms with Gasteiger partial charge in [-0.1, -0.05) is 11.3 Å². The molecule has 1 fully saturated rings. The van der Waals surface area contributed by atoms with Crippen molar-refractivity contribution >= 4 is 32.6 Å². The molecule has 1 aliphatic rings. The molecular formula is C21H19F4N3O2S. The number of nitrogens with zero attached hydrogens (tertiary/aromatic N) is 3. The van der Waals surface area contributed by atoms with E-state index in [-0.39, 0.29) is 27.5 Å². The Bertz CT molecular complexity index is 1100. The third-order valence-electron chi connectivity index (χ3n) is 5.00. The average Bonchev–Trinajstić information content (AvgIpc) is 3.15. The van der Waals surface area contributed by atoms with Crippen molar-refractivity contribution in [1.82, 2.24) is 9.88 Å². The van der Waals surface area contributed by atoms with Crippen LogP contribution in [0, 0.1) is 23.3 Å². The predicted octanol–water partition coefficient (Wildman–Crippen LogP) is 4.22. The smallest absolute Gasteiger partial charge is 0.263 e. The highest BCUT2D eigenvalue weighted by molar-refractivity contribution is 7.22. The monoisotopic (exact) mass is 453 g/mol. The molecule has 0 bridgehead atoms. The third kappa shape index (κ3) is 4.86. The summed E-state index contributed by atoms with van der Waals surface area (Å²) in [5.74, 6) is -4.12. The van der Waals surface area contributed by atoms with Gasteiger partial charge in [0, 0.05) is 38.3 Å². The summed E-state index contributed by atoms with van der Waals surface area (Å²) in [4.78, 5) is 20.7. The molecule has 0 saturated carbocycles. The number of anilines is 1. The Labute approximate surface area is 179 Å². The van der Waals surface area contributed by atoms with Crippen LogP contribution in [0.1, 0.15) is 16.8 Å². The molecule has 0 aliphatic carbocycles. The van der Waals surface area contributed by atoms with Gasteiger partial charge in [-0.3, -0.25) is 14.6 Å². The lowest BCUT2D eigenvalue weighted by molar-refractivity contribution is 0.0376. The number of hydrogen-bond acceptors (Lipinski definition) is 5. The number of benzene rings is 2. The first kappa shape index (κ1) is 21.7. The van der Waals surface area contributed by atoms with Crippen LogP contribution < -0.4 is 4.90 Å². The summed E-state index contributed by atoms with van der Waals surface area (Å²) >= 11 is 0.936. The molecule has 0 N–H and O–H groups in total. The maximum Gasteiger partial charge on any atom is 0.263 e. The van der Waals surface area contributed by atoms with Gasteiger partial charge in [-0.15, -0.1) is 0 Å². The van der Waals surface area contributed by atoms with Crippen molar-refractivity contribution in [3.8, 4) is 0 Å². The van der Waals surface area contributed by atoms with Crippen molar-refractivity contribution in [2.24, 2.45) is 0 Å². The van der Waals surface area contributed by atoms with Gasteiger partial charge < -0.3 is 4.74 Å². The van der Waals surface area contributed by atoms with Gasteiger partial charge in [0.1, 0.15) is 23.0 Å². The Kier molecular flexibility index (Phi) is 6.49. The zero-order valence-corrected chi connectivity index (χ0v) is 17.2. The SMILES string of the molecule is O=C(c1ccc(F)cc1F)N(CCCN1CCOCC1)c1nc2c(F)cc(F)cc2s1. The van der Waals surface area contributed by atoms with Crippen LogP contribution in [0.15, 0.2) is 30.3 Å². The summed E-state index contributed by atoms with van der Waals surface area (Å²) in [7, 11) is 0. The van der Waals surface area contributed by atoms with Crippen LogP contribution in [-0.4, -0.2) is 55.2 Å². The number of ether oxygens (including phenoxy) is 1. The first-order chi connectivity index (χ1) is 14.9. The van der Waals surface area contributed by atoms with Crippen molar-refractivity contribution in [2.75, 3.05) is 44.3 Å². The molecule has 4 rings (SSSR count). The molecule has 10 heteroatoms. The number of aromatic nitrogens is 1. The molecular weight excluding hydrogens is 434 g/mol. The van der Waals surface area contributed by atoms with E-state index in [0.717, 1.165) is 48.7 Å². The predicted molar refractivity (Wildman–Crippen MR) is 109 cm³/mol. The molecule has 1 aromatic heterocycles. The Morgan fingerprint density at radius 3 is 2.55 bits per heavy atom. The molecule has 31 heavy (non-hydrogen) atoms. The number of hydrogen-bond donors (Lipinski definition) is 0. The van der Waals surface area contributed by atoms with Crippen molar-refractivity contribution in [1.29, 1.82) is 0 Å². The van der Waals surface area contributed by atoms with Crippen molar-refractivity contribution < 1.29 is 27.1 Å². The van der Waals surface area contributed by atoms with E-state index in [0.29, 0.717) is 32.2 Å². The fourth-order valence-corrected chi connectivity index (χ4v) is 4.46. The number of carbonyl (C=O) groups is 1. The molecule has 3 aromatic rings. The minimum atomic E-state index is -0.999. The van der Waals surface area contributed by atoms with Gasteiger partial charge in [-0.05, 0) is 24.6 Å². The first-order valence-electron chi connectivity index (χ1n) is 9.75. The quantitative estimate of drug-likeness (QED) is 0.525. The van der Waals surface area contributed by atoms with Gasteiger partial charge in [0.25, 0.3) is 5.91 Å². The molecule has 1 aliphatic heterocycles. The highest BCUT2D eigenvalue weighted by Gasteiger charge is 2.25. The topological polar surface area (TPSA) is 45.7 Å². The lowest BCUT2D eigenvalue weighted by atomic mass is 10.1. The Hall–Kier alpha value is -2.56. The number of amides is 1. The van der Waals surface area contributed by atoms with Crippen LogP contribution in [0.25, 0.3) is 10.2 Å². The Balaban J connectivity index is 1.63. The summed E-state index contributed by atoms with van der Waals surface area (Å²) in [5.41, 5.74) is -0.384. The molecule has 2 aromatic carbocycles. The van der Waals surface area contributed by atoms with Crippen LogP contribution in [0.3, 0.4) is 0 Å². The molecule has 1 amide bonds. The fraction of sp³-hybridized carbons (Fsp3) is 0.333. The molecule has 2 heterocycles. The largest absolute Gasteiger partial charge is 0.379 e. The summed E-state index contributed by atoms with van der Waals surface area (Å²) in [6.45, 7) is 3.65. The highest BCUT2D eigenvalue weighted by Crippen LogP contribution is 2.32. The molecule has 1 saturated heterocycles. The van der Waals surface area contributed by atoms with E-state index in [1.807, 2.05) is 0 Å². The molecule has 5 nitrogen and oxygen atoms in total. The van der Waals surface area contributed by atoms with Gasteiger partial charge in [-0.25, -0.2) is 22.5 Å². The van der Waals surface area contributed by atoms with Gasteiger partial charge in [0.2, 0.25) is 0 Å². The van der Waals surface area contributed by atoms with E-state index in [1.54, 1.807) is 0 Å². The average molecular weight is 453 g/mol. The summed E-state index contributed by atoms with van der Waals surface area (Å²) in [5, 5.41) is 0.121. The van der Waals surface area contributed by atoms with Crippen molar-refractivity contribution in [3.05, 3.63) is 59.2 Å². The van der Waals surface area contributed by atoms with Gasteiger partial charge in [-0.2, -0.15) is 0 Å². The van der Waals surface area contributed by atoms with Crippen LogP contribution in [0.4, 0.5) is 22.7 Å². The van der Waals surface area contributed by atoms with Crippen LogP contribution in [0.5, 0.6) is 0 Å². The first-order valence-corrected chi connectivity index (χ1v) is 10.6. The van der Waals surface area contributed by atoms with Gasteiger partial charge in [0.05, 0.1) is 23.5 Å². The maximum absolute atomic E-state index is 14.3. The second-order valence-corrected chi connectivity index (χ2v) is 8.13. The summed E-state index contributed by atoms with van der Waals surface area (Å²) in [6, 6.07) is 4.54. The van der Waals surface area contributed by atoms with E-state index in [4.69, 9.17) is 4.74 Å². The normalized spacial score (nSPS) is 14.8. The molecule has 0 spiro atoms. The van der Waals surface area contributed by atoms with E-state index in [9.17, 15) is 22.4 Å². The number of fused-ring (bicyclic) bond motifs is 1. The second kappa shape index (κ2) is 9.29. The lowest BCUT2D eigenvalue weighted by Gasteiger charge is -2.27. The van der Waals surface area contributed by atoms with Gasteiger partial charge >= 0.3 is 0 Å². The van der Waals surface area contributed by atoms with E-state index < -0.39 is 29.2 Å².